The number of nitriles is 1. The van der Waals surface area contributed by atoms with Crippen LogP contribution in [0.15, 0.2) is 71.2 Å². The summed E-state index contributed by atoms with van der Waals surface area (Å²) in [4.78, 5) is 10.4. The van der Waals surface area contributed by atoms with Gasteiger partial charge in [-0.2, -0.15) is 5.26 Å². The maximum atomic E-state index is 13.4. The summed E-state index contributed by atoms with van der Waals surface area (Å²) in [6.45, 7) is 0.169. The van der Waals surface area contributed by atoms with E-state index in [1.165, 1.54) is 24.3 Å². The van der Waals surface area contributed by atoms with Crippen LogP contribution in [0.1, 0.15) is 16.7 Å². The van der Waals surface area contributed by atoms with Crippen molar-refractivity contribution in [3.05, 3.63) is 104 Å². The molecule has 0 radical (unpaired) electrons. The van der Waals surface area contributed by atoms with Gasteiger partial charge in [-0.1, -0.05) is 30.3 Å². The van der Waals surface area contributed by atoms with Gasteiger partial charge in [0.25, 0.3) is 5.69 Å². The van der Waals surface area contributed by atoms with Crippen molar-refractivity contribution in [3.63, 3.8) is 0 Å². The molecule has 0 unspecified atom stereocenters. The van der Waals surface area contributed by atoms with Gasteiger partial charge in [0.2, 0.25) is 0 Å². The Morgan fingerprint density at radius 1 is 1.17 bits per heavy atom. The fraction of sp³-hybridized carbons (Fsp3) is 0.0455. The number of hydrogen-bond donors (Lipinski definition) is 0. The lowest BCUT2D eigenvalue weighted by Crippen LogP contribution is -1.97. The van der Waals surface area contributed by atoms with Crippen molar-refractivity contribution in [1.82, 2.24) is 0 Å². The molecule has 3 aromatic carbocycles. The molecule has 0 heterocycles. The normalized spacial score (nSPS) is 11.0. The zero-order chi connectivity index (χ0) is 20.8. The van der Waals surface area contributed by atoms with E-state index in [2.05, 4.69) is 22.0 Å². The molecule has 0 atom stereocenters. The molecular formula is C22H14BrFN2O3. The molecule has 0 aliphatic carbocycles. The first-order chi connectivity index (χ1) is 14.0. The monoisotopic (exact) mass is 452 g/mol. The Morgan fingerprint density at radius 2 is 1.97 bits per heavy atom. The first-order valence-corrected chi connectivity index (χ1v) is 9.29. The van der Waals surface area contributed by atoms with E-state index >= 15 is 0 Å². The Hall–Kier alpha value is -3.50. The third kappa shape index (κ3) is 5.27. The van der Waals surface area contributed by atoms with Crippen molar-refractivity contribution >= 4 is 33.3 Å². The fourth-order valence-corrected chi connectivity index (χ4v) is 3.16. The van der Waals surface area contributed by atoms with E-state index in [4.69, 9.17) is 4.74 Å². The summed E-state index contributed by atoms with van der Waals surface area (Å²) in [7, 11) is 0. The Morgan fingerprint density at radius 3 is 2.66 bits per heavy atom. The fourth-order valence-electron chi connectivity index (χ4n) is 2.65. The van der Waals surface area contributed by atoms with Crippen LogP contribution in [0, 0.1) is 27.3 Å². The van der Waals surface area contributed by atoms with Gasteiger partial charge < -0.3 is 4.74 Å². The third-order valence-corrected chi connectivity index (χ3v) is 4.66. The van der Waals surface area contributed by atoms with Gasteiger partial charge in [0.15, 0.2) is 0 Å². The predicted molar refractivity (Wildman–Crippen MR) is 111 cm³/mol. The number of nitro benzene ring substituents is 1. The molecule has 144 valence electrons. The van der Waals surface area contributed by atoms with Crippen molar-refractivity contribution in [3.8, 4) is 11.8 Å². The minimum atomic E-state index is -0.452. The molecule has 0 spiro atoms. The Bertz CT molecular complexity index is 1140. The second-order valence-corrected chi connectivity index (χ2v) is 6.94. The minimum absolute atomic E-state index is 0.00651. The first-order valence-electron chi connectivity index (χ1n) is 8.49. The molecule has 0 N–H and O–H groups in total. The Labute approximate surface area is 175 Å². The number of ether oxygens (including phenoxy) is 1. The molecule has 0 aliphatic heterocycles. The smallest absolute Gasteiger partial charge is 0.269 e. The Balaban J connectivity index is 1.77. The summed E-state index contributed by atoms with van der Waals surface area (Å²) in [5, 5.41) is 20.3. The van der Waals surface area contributed by atoms with Crippen LogP contribution < -0.4 is 4.74 Å². The van der Waals surface area contributed by atoms with E-state index in [9.17, 15) is 19.8 Å². The van der Waals surface area contributed by atoms with Gasteiger partial charge >= 0.3 is 0 Å². The third-order valence-electron chi connectivity index (χ3n) is 4.04. The van der Waals surface area contributed by atoms with Crippen molar-refractivity contribution in [1.29, 1.82) is 5.26 Å². The van der Waals surface area contributed by atoms with Crippen LogP contribution in [0.3, 0.4) is 0 Å². The highest BCUT2D eigenvalue weighted by molar-refractivity contribution is 9.10. The van der Waals surface area contributed by atoms with Gasteiger partial charge in [-0.15, -0.1) is 0 Å². The maximum absolute atomic E-state index is 13.4. The molecule has 0 aliphatic rings. The van der Waals surface area contributed by atoms with E-state index in [0.29, 0.717) is 26.9 Å². The van der Waals surface area contributed by atoms with Crippen LogP contribution in [0.2, 0.25) is 0 Å². The van der Waals surface area contributed by atoms with Gasteiger partial charge in [-0.25, -0.2) is 4.39 Å². The number of halogens is 2. The number of hydrogen-bond acceptors (Lipinski definition) is 4. The zero-order valence-corrected chi connectivity index (χ0v) is 16.6. The van der Waals surface area contributed by atoms with Gasteiger partial charge in [-0.05, 0) is 63.0 Å². The molecular weight excluding hydrogens is 439 g/mol. The van der Waals surface area contributed by atoms with E-state index in [1.54, 1.807) is 48.5 Å². The van der Waals surface area contributed by atoms with Crippen molar-refractivity contribution in [2.75, 3.05) is 0 Å². The quantitative estimate of drug-likeness (QED) is 0.195. The molecule has 3 aromatic rings. The second kappa shape index (κ2) is 9.13. The van der Waals surface area contributed by atoms with Crippen LogP contribution in [-0.2, 0) is 6.61 Å². The van der Waals surface area contributed by atoms with Crippen molar-refractivity contribution in [2.45, 2.75) is 6.61 Å². The van der Waals surface area contributed by atoms with Gasteiger partial charge in [0, 0.05) is 12.1 Å². The van der Waals surface area contributed by atoms with Crippen LogP contribution >= 0.6 is 15.9 Å². The van der Waals surface area contributed by atoms with E-state index in [0.717, 1.165) is 5.56 Å². The first kappa shape index (κ1) is 20.2. The van der Waals surface area contributed by atoms with Crippen LogP contribution in [0.4, 0.5) is 10.1 Å². The summed E-state index contributed by atoms with van der Waals surface area (Å²) in [6.07, 6.45) is 1.66. The van der Waals surface area contributed by atoms with E-state index in [1.807, 2.05) is 0 Å². The topological polar surface area (TPSA) is 76.2 Å². The predicted octanol–water partition coefficient (Wildman–Crippen LogP) is 6.14. The highest BCUT2D eigenvalue weighted by atomic mass is 79.9. The van der Waals surface area contributed by atoms with Crippen LogP contribution in [-0.4, -0.2) is 4.92 Å². The largest absolute Gasteiger partial charge is 0.488 e. The molecule has 5 nitrogen and oxygen atoms in total. The number of rotatable bonds is 6. The van der Waals surface area contributed by atoms with Crippen LogP contribution in [0.5, 0.6) is 5.75 Å². The summed E-state index contributed by atoms with van der Waals surface area (Å²) in [6, 6.07) is 19.4. The average Bonchev–Trinajstić information content (AvgIpc) is 2.71. The van der Waals surface area contributed by atoms with E-state index < -0.39 is 10.7 Å². The molecule has 3 rings (SSSR count). The summed E-state index contributed by atoms with van der Waals surface area (Å²) in [5.74, 6) is 0.146. The number of nitro groups is 1. The average molecular weight is 453 g/mol. The van der Waals surface area contributed by atoms with Crippen molar-refractivity contribution in [2.24, 2.45) is 0 Å². The SMILES string of the molecule is N#CC(=Cc1ccc(OCc2cccc([N+](=O)[O-])c2)c(Br)c1)c1cccc(F)c1. The second-order valence-electron chi connectivity index (χ2n) is 6.09. The lowest BCUT2D eigenvalue weighted by Gasteiger charge is -2.09. The molecule has 0 saturated carbocycles. The molecule has 29 heavy (non-hydrogen) atoms. The molecule has 0 saturated heterocycles. The molecule has 0 bridgehead atoms. The number of benzene rings is 3. The number of allylic oxidation sites excluding steroid dienone is 1. The van der Waals surface area contributed by atoms with Gasteiger partial charge in [-0.3, -0.25) is 10.1 Å². The number of non-ortho nitro benzene ring substituents is 1. The molecule has 0 aromatic heterocycles. The maximum Gasteiger partial charge on any atom is 0.269 e. The van der Waals surface area contributed by atoms with Gasteiger partial charge in [0.05, 0.1) is 21.0 Å². The summed E-state index contributed by atoms with van der Waals surface area (Å²) in [5.41, 5.74) is 2.25. The van der Waals surface area contributed by atoms with Gasteiger partial charge in [0.1, 0.15) is 18.2 Å². The van der Waals surface area contributed by atoms with Crippen LogP contribution in [0.25, 0.3) is 11.6 Å². The molecule has 0 fully saturated rings. The summed E-state index contributed by atoms with van der Waals surface area (Å²) < 4.78 is 19.8. The zero-order valence-electron chi connectivity index (χ0n) is 15.0. The van der Waals surface area contributed by atoms with E-state index in [-0.39, 0.29) is 12.3 Å². The lowest BCUT2D eigenvalue weighted by molar-refractivity contribution is -0.384. The summed E-state index contributed by atoms with van der Waals surface area (Å²) >= 11 is 3.43. The highest BCUT2D eigenvalue weighted by Crippen LogP contribution is 2.29. The Kier molecular flexibility index (Phi) is 6.37. The minimum Gasteiger partial charge on any atom is -0.488 e. The number of nitrogens with zero attached hydrogens (tertiary/aromatic N) is 2. The molecule has 7 heteroatoms. The van der Waals surface area contributed by atoms with Crippen molar-refractivity contribution < 1.29 is 14.1 Å². The molecule has 0 amide bonds. The standard InChI is InChI=1S/C22H14BrFN2O3/c23-21-11-15(9-18(13-25)17-4-2-5-19(24)12-17)7-8-22(21)29-14-16-3-1-6-20(10-16)26(27)28/h1-12H,14H2. The highest BCUT2D eigenvalue weighted by Gasteiger charge is 2.08. The lowest BCUT2D eigenvalue weighted by atomic mass is 10.0.